The second kappa shape index (κ2) is 3.58. The second-order valence-corrected chi connectivity index (χ2v) is 3.10. The maximum absolute atomic E-state index is 5.33. The molecule has 2 heterocycles. The van der Waals surface area contributed by atoms with E-state index in [0.29, 0.717) is 19.0 Å². The van der Waals surface area contributed by atoms with Crippen LogP contribution in [0.5, 0.6) is 0 Å². The summed E-state index contributed by atoms with van der Waals surface area (Å²) in [5, 5.41) is 6.81. The van der Waals surface area contributed by atoms with Crippen molar-refractivity contribution in [3.05, 3.63) is 6.20 Å². The van der Waals surface area contributed by atoms with E-state index in [4.69, 9.17) is 5.73 Å². The summed E-state index contributed by atoms with van der Waals surface area (Å²) in [4.78, 5) is 9.02. The molecule has 0 unspecified atom stereocenters. The molecule has 0 saturated carbocycles. The third-order valence-electron chi connectivity index (χ3n) is 1.44. The Morgan fingerprint density at radius 1 is 1.54 bits per heavy atom. The van der Waals surface area contributed by atoms with Gasteiger partial charge in [-0.15, -0.1) is 5.10 Å². The molecule has 0 saturated heterocycles. The molecule has 0 radical (unpaired) electrons. The Balaban J connectivity index is 2.26. The minimum Gasteiger partial charge on any atom is -0.353 e. The van der Waals surface area contributed by atoms with Gasteiger partial charge in [0.05, 0.1) is 6.20 Å². The monoisotopic (exact) mass is 196 g/mol. The summed E-state index contributed by atoms with van der Waals surface area (Å²) >= 11 is 1.25. The largest absolute Gasteiger partial charge is 0.353 e. The van der Waals surface area contributed by atoms with Crippen LogP contribution in [0, 0.1) is 0 Å². The van der Waals surface area contributed by atoms with Gasteiger partial charge < -0.3 is 11.1 Å². The number of nitrogens with one attached hydrogen (secondary N) is 1. The zero-order valence-electron chi connectivity index (χ0n) is 6.77. The van der Waals surface area contributed by atoms with Crippen LogP contribution in [0.3, 0.4) is 0 Å². The van der Waals surface area contributed by atoms with E-state index < -0.39 is 0 Å². The van der Waals surface area contributed by atoms with Gasteiger partial charge in [0.15, 0.2) is 4.83 Å². The van der Waals surface area contributed by atoms with Crippen molar-refractivity contribution in [2.24, 2.45) is 5.73 Å². The standard InChI is InChI=1S/C6H8N6S/c7-1-2-8-6-9-3-4-5(10-6)13-12-11-4/h3H,1-2,7H2,(H,8,9,10). The van der Waals surface area contributed by atoms with Gasteiger partial charge in [0, 0.05) is 24.6 Å². The number of hydrogen-bond acceptors (Lipinski definition) is 7. The summed E-state index contributed by atoms with van der Waals surface area (Å²) in [5.41, 5.74) is 6.05. The van der Waals surface area contributed by atoms with Gasteiger partial charge in [-0.2, -0.15) is 4.98 Å². The Labute approximate surface area is 78.4 Å². The Bertz CT molecular complexity index is 399. The molecule has 7 heteroatoms. The van der Waals surface area contributed by atoms with Crippen LogP contribution in [0.4, 0.5) is 5.95 Å². The van der Waals surface area contributed by atoms with E-state index in [9.17, 15) is 0 Å². The van der Waals surface area contributed by atoms with Gasteiger partial charge in [-0.05, 0) is 0 Å². The van der Waals surface area contributed by atoms with Crippen LogP contribution < -0.4 is 11.1 Å². The van der Waals surface area contributed by atoms with Crippen molar-refractivity contribution < 1.29 is 0 Å². The van der Waals surface area contributed by atoms with E-state index in [1.54, 1.807) is 6.20 Å². The maximum Gasteiger partial charge on any atom is 0.224 e. The highest BCUT2D eigenvalue weighted by molar-refractivity contribution is 7.12. The number of anilines is 1. The SMILES string of the molecule is NCCNc1ncc2nnsc2n1. The van der Waals surface area contributed by atoms with Crippen molar-refractivity contribution in [3.63, 3.8) is 0 Å². The fraction of sp³-hybridized carbons (Fsp3) is 0.333. The molecule has 0 amide bonds. The number of hydrogen-bond donors (Lipinski definition) is 2. The van der Waals surface area contributed by atoms with Gasteiger partial charge in [-0.25, -0.2) is 4.98 Å². The normalized spacial score (nSPS) is 10.5. The molecular formula is C6H8N6S. The Hall–Kier alpha value is -1.34. The first-order chi connectivity index (χ1) is 6.40. The average Bonchev–Trinajstić information content (AvgIpc) is 2.61. The van der Waals surface area contributed by atoms with E-state index in [0.717, 1.165) is 10.3 Å². The predicted molar refractivity (Wildman–Crippen MR) is 50.5 cm³/mol. The van der Waals surface area contributed by atoms with Crippen molar-refractivity contribution in [1.82, 2.24) is 19.6 Å². The van der Waals surface area contributed by atoms with E-state index in [1.807, 2.05) is 0 Å². The highest BCUT2D eigenvalue weighted by Gasteiger charge is 2.01. The van der Waals surface area contributed by atoms with Gasteiger partial charge in [-0.3, -0.25) is 0 Å². The van der Waals surface area contributed by atoms with E-state index >= 15 is 0 Å². The second-order valence-electron chi connectivity index (χ2n) is 2.37. The molecule has 0 aliphatic heterocycles. The van der Waals surface area contributed by atoms with Crippen LogP contribution in [0.15, 0.2) is 6.20 Å². The lowest BCUT2D eigenvalue weighted by molar-refractivity contribution is 0.996. The summed E-state index contributed by atoms with van der Waals surface area (Å²) in [7, 11) is 0. The van der Waals surface area contributed by atoms with E-state index in [1.165, 1.54) is 11.5 Å². The van der Waals surface area contributed by atoms with Crippen molar-refractivity contribution in [2.45, 2.75) is 0 Å². The van der Waals surface area contributed by atoms with Crippen LogP contribution in [-0.4, -0.2) is 32.6 Å². The van der Waals surface area contributed by atoms with Crippen LogP contribution in [0.2, 0.25) is 0 Å². The van der Waals surface area contributed by atoms with Gasteiger partial charge in [-0.1, -0.05) is 4.49 Å². The Morgan fingerprint density at radius 2 is 2.46 bits per heavy atom. The lowest BCUT2D eigenvalue weighted by Gasteiger charge is -2.00. The smallest absolute Gasteiger partial charge is 0.224 e. The number of nitrogens with zero attached hydrogens (tertiary/aromatic N) is 4. The van der Waals surface area contributed by atoms with E-state index in [2.05, 4.69) is 24.9 Å². The van der Waals surface area contributed by atoms with Crippen LogP contribution >= 0.6 is 11.5 Å². The van der Waals surface area contributed by atoms with Gasteiger partial charge in [0.2, 0.25) is 5.95 Å². The van der Waals surface area contributed by atoms with Crippen LogP contribution in [0.1, 0.15) is 0 Å². The minimum absolute atomic E-state index is 0.558. The molecule has 6 nitrogen and oxygen atoms in total. The third kappa shape index (κ3) is 1.70. The summed E-state index contributed by atoms with van der Waals surface area (Å²) in [6.07, 6.45) is 1.64. The first kappa shape index (κ1) is 8.27. The fourth-order valence-electron chi connectivity index (χ4n) is 0.868. The van der Waals surface area contributed by atoms with Crippen molar-refractivity contribution in [1.29, 1.82) is 0 Å². The van der Waals surface area contributed by atoms with Crippen molar-refractivity contribution in [3.8, 4) is 0 Å². The number of rotatable bonds is 3. The number of nitrogens with two attached hydrogens (primary N) is 1. The minimum atomic E-state index is 0.558. The molecule has 0 spiro atoms. The molecule has 2 rings (SSSR count). The first-order valence-corrected chi connectivity index (χ1v) is 4.56. The van der Waals surface area contributed by atoms with Crippen molar-refractivity contribution in [2.75, 3.05) is 18.4 Å². The quantitative estimate of drug-likeness (QED) is 0.709. The van der Waals surface area contributed by atoms with Gasteiger partial charge in [0.1, 0.15) is 5.52 Å². The lowest BCUT2D eigenvalue weighted by atomic mass is 10.6. The molecule has 13 heavy (non-hydrogen) atoms. The average molecular weight is 196 g/mol. The lowest BCUT2D eigenvalue weighted by Crippen LogP contribution is -2.14. The maximum atomic E-state index is 5.33. The predicted octanol–water partition coefficient (Wildman–Crippen LogP) is -0.148. The zero-order valence-corrected chi connectivity index (χ0v) is 7.58. The Kier molecular flexibility index (Phi) is 2.28. The summed E-state index contributed by atoms with van der Waals surface area (Å²) in [6.45, 7) is 1.22. The fourth-order valence-corrected chi connectivity index (χ4v) is 1.39. The third-order valence-corrected chi connectivity index (χ3v) is 2.08. The summed E-state index contributed by atoms with van der Waals surface area (Å²) < 4.78 is 3.76. The molecule has 0 aromatic carbocycles. The number of aromatic nitrogens is 4. The molecule has 0 fully saturated rings. The van der Waals surface area contributed by atoms with Crippen molar-refractivity contribution >= 4 is 27.8 Å². The highest BCUT2D eigenvalue weighted by Crippen LogP contribution is 2.12. The molecule has 0 aliphatic rings. The number of fused-ring (bicyclic) bond motifs is 1. The zero-order chi connectivity index (χ0) is 9.10. The summed E-state index contributed by atoms with van der Waals surface area (Å²) in [5.74, 6) is 0.573. The Morgan fingerprint density at radius 3 is 3.31 bits per heavy atom. The molecular weight excluding hydrogens is 188 g/mol. The van der Waals surface area contributed by atoms with Crippen LogP contribution in [-0.2, 0) is 0 Å². The molecule has 0 aliphatic carbocycles. The molecule has 0 atom stereocenters. The van der Waals surface area contributed by atoms with E-state index in [-0.39, 0.29) is 0 Å². The molecule has 2 aromatic heterocycles. The topological polar surface area (TPSA) is 89.6 Å². The van der Waals surface area contributed by atoms with Gasteiger partial charge >= 0.3 is 0 Å². The van der Waals surface area contributed by atoms with Crippen LogP contribution in [0.25, 0.3) is 10.3 Å². The molecule has 2 aromatic rings. The first-order valence-electron chi connectivity index (χ1n) is 3.79. The van der Waals surface area contributed by atoms with Gasteiger partial charge in [0.25, 0.3) is 0 Å². The molecule has 3 N–H and O–H groups in total. The molecule has 68 valence electrons. The highest BCUT2D eigenvalue weighted by atomic mass is 32.1. The molecule has 0 bridgehead atoms. The summed E-state index contributed by atoms with van der Waals surface area (Å²) in [6, 6.07) is 0.